The molecule has 0 saturated heterocycles. The Balaban J connectivity index is 2.22. The van der Waals surface area contributed by atoms with Crippen LogP contribution in [0.25, 0.3) is 22.8 Å². The van der Waals surface area contributed by atoms with Crippen LogP contribution in [0.5, 0.6) is 0 Å². The molecule has 0 fully saturated rings. The largest absolute Gasteiger partial charge is 0.280 e. The maximum atomic E-state index is 4.81. The van der Waals surface area contributed by atoms with Crippen LogP contribution in [0, 0.1) is 0 Å². The molecule has 0 aliphatic rings. The highest BCUT2D eigenvalue weighted by Gasteiger charge is 2.18. The summed E-state index contributed by atoms with van der Waals surface area (Å²) in [5.74, 6) is 1.69. The monoisotopic (exact) mass is 408 g/mol. The first kappa shape index (κ1) is 21.9. The van der Waals surface area contributed by atoms with Gasteiger partial charge >= 0.3 is 0 Å². The molecule has 0 unspecified atom stereocenters. The third kappa shape index (κ3) is 5.43. The van der Waals surface area contributed by atoms with Crippen LogP contribution in [-0.4, -0.2) is 15.0 Å². The highest BCUT2D eigenvalue weighted by Crippen LogP contribution is 2.27. The van der Waals surface area contributed by atoms with Gasteiger partial charge in [0.15, 0.2) is 11.6 Å². The summed E-state index contributed by atoms with van der Waals surface area (Å²) in [7, 11) is 0. The summed E-state index contributed by atoms with van der Waals surface area (Å²) in [4.78, 5) is 16.2. The molecule has 0 aliphatic heterocycles. The average Bonchev–Trinajstić information content (AvgIpc) is 2.80. The molecular weight excluding hydrogens is 380 g/mol. The van der Waals surface area contributed by atoms with Crippen LogP contribution >= 0.6 is 0 Å². The molecule has 4 heteroatoms. The number of hydrogen-bond acceptors (Lipinski definition) is 4. The van der Waals surface area contributed by atoms with Gasteiger partial charge in [-0.1, -0.05) is 92.4 Å². The van der Waals surface area contributed by atoms with Gasteiger partial charge < -0.3 is 0 Å². The first-order valence-electron chi connectivity index (χ1n) is 10.4. The first-order valence-corrected chi connectivity index (χ1v) is 10.4. The van der Waals surface area contributed by atoms with Crippen LogP contribution in [-0.2, 0) is 0 Å². The van der Waals surface area contributed by atoms with Crippen molar-refractivity contribution in [3.63, 3.8) is 0 Å². The molecule has 3 rings (SSSR count). The molecule has 0 spiro atoms. The van der Waals surface area contributed by atoms with E-state index in [1.165, 1.54) is 5.57 Å². The molecule has 31 heavy (non-hydrogen) atoms. The molecule has 2 aromatic carbocycles. The fourth-order valence-corrected chi connectivity index (χ4v) is 3.06. The lowest BCUT2D eigenvalue weighted by Crippen LogP contribution is -2.22. The van der Waals surface area contributed by atoms with Gasteiger partial charge in [-0.3, -0.25) is 4.90 Å². The zero-order chi connectivity index (χ0) is 22.2. The number of rotatable bonds is 8. The molecule has 3 aromatic rings. The molecule has 0 bridgehead atoms. The number of hydrogen-bond donors (Lipinski definition) is 0. The van der Waals surface area contributed by atoms with Gasteiger partial charge in [0, 0.05) is 22.5 Å². The van der Waals surface area contributed by atoms with E-state index < -0.39 is 0 Å². The second kappa shape index (κ2) is 10.3. The van der Waals surface area contributed by atoms with Gasteiger partial charge in [-0.25, -0.2) is 4.98 Å². The summed E-state index contributed by atoms with van der Waals surface area (Å²) < 4.78 is 0. The molecule has 156 valence electrons. The topological polar surface area (TPSA) is 41.9 Å². The van der Waals surface area contributed by atoms with Crippen LogP contribution in [0.1, 0.15) is 27.2 Å². The summed E-state index contributed by atoms with van der Waals surface area (Å²) >= 11 is 0. The quantitative estimate of drug-likeness (QED) is 0.377. The maximum Gasteiger partial charge on any atom is 0.238 e. The molecule has 0 atom stereocenters. The Morgan fingerprint density at radius 2 is 1.35 bits per heavy atom. The Morgan fingerprint density at radius 1 is 0.839 bits per heavy atom. The molecule has 0 aliphatic carbocycles. The van der Waals surface area contributed by atoms with Gasteiger partial charge in [0.25, 0.3) is 0 Å². The molecule has 1 aromatic heterocycles. The summed E-state index contributed by atoms with van der Waals surface area (Å²) in [5, 5.41) is 0. The molecule has 0 amide bonds. The van der Waals surface area contributed by atoms with E-state index in [4.69, 9.17) is 15.0 Å². The highest BCUT2D eigenvalue weighted by molar-refractivity contribution is 5.65. The van der Waals surface area contributed by atoms with Gasteiger partial charge in [0.05, 0.1) is 0 Å². The first-order chi connectivity index (χ1) is 15.0. The van der Waals surface area contributed by atoms with E-state index in [-0.39, 0.29) is 0 Å². The lowest BCUT2D eigenvalue weighted by Gasteiger charge is -2.24. The van der Waals surface area contributed by atoms with Gasteiger partial charge in [0.2, 0.25) is 5.95 Å². The minimum atomic E-state index is 0.487. The number of anilines is 1. The van der Waals surface area contributed by atoms with Crippen molar-refractivity contribution in [1.29, 1.82) is 0 Å². The van der Waals surface area contributed by atoms with Gasteiger partial charge in [-0.05, 0) is 32.4 Å². The summed E-state index contributed by atoms with van der Waals surface area (Å²) in [6.45, 7) is 14.7. The van der Waals surface area contributed by atoms with Gasteiger partial charge in [-0.15, -0.1) is 0 Å². The van der Waals surface area contributed by atoms with E-state index in [0.29, 0.717) is 17.6 Å². The van der Waals surface area contributed by atoms with E-state index in [2.05, 4.69) is 27.0 Å². The highest BCUT2D eigenvalue weighted by atomic mass is 15.3. The maximum absolute atomic E-state index is 4.81. The van der Waals surface area contributed by atoms with Crippen molar-refractivity contribution in [3.8, 4) is 22.8 Å². The van der Waals surface area contributed by atoms with Crippen molar-refractivity contribution < 1.29 is 0 Å². The van der Waals surface area contributed by atoms with Crippen LogP contribution in [0.3, 0.4) is 0 Å². The zero-order valence-electron chi connectivity index (χ0n) is 18.4. The van der Waals surface area contributed by atoms with E-state index in [9.17, 15) is 0 Å². The van der Waals surface area contributed by atoms with Crippen LogP contribution < -0.4 is 4.90 Å². The Morgan fingerprint density at radius 3 is 1.81 bits per heavy atom. The predicted octanol–water partition coefficient (Wildman–Crippen LogP) is 6.97. The van der Waals surface area contributed by atoms with E-state index in [0.717, 1.165) is 28.9 Å². The Hall–Kier alpha value is -3.79. The molecular formula is C27H28N4. The third-order valence-corrected chi connectivity index (χ3v) is 4.79. The van der Waals surface area contributed by atoms with Crippen molar-refractivity contribution in [2.24, 2.45) is 0 Å². The lowest BCUT2D eigenvalue weighted by atomic mass is 10.2. The fourth-order valence-electron chi connectivity index (χ4n) is 3.06. The summed E-state index contributed by atoms with van der Waals surface area (Å²) in [6, 6.07) is 19.8. The Labute approximate surface area is 185 Å². The predicted molar refractivity (Wildman–Crippen MR) is 130 cm³/mol. The van der Waals surface area contributed by atoms with E-state index >= 15 is 0 Å². The van der Waals surface area contributed by atoms with Crippen molar-refractivity contribution in [2.75, 3.05) is 4.90 Å². The van der Waals surface area contributed by atoms with Crippen molar-refractivity contribution in [1.82, 2.24) is 15.0 Å². The minimum absolute atomic E-state index is 0.487. The van der Waals surface area contributed by atoms with E-state index in [1.54, 1.807) is 0 Å². The number of benzene rings is 2. The summed E-state index contributed by atoms with van der Waals surface area (Å²) in [6.07, 6.45) is 6.85. The third-order valence-electron chi connectivity index (χ3n) is 4.79. The van der Waals surface area contributed by atoms with Gasteiger partial charge in [0.1, 0.15) is 0 Å². The van der Waals surface area contributed by atoms with Crippen LogP contribution in [0.2, 0.25) is 0 Å². The van der Waals surface area contributed by atoms with Crippen molar-refractivity contribution >= 4 is 5.95 Å². The molecule has 0 radical (unpaired) electrons. The molecule has 0 saturated carbocycles. The van der Waals surface area contributed by atoms with Crippen molar-refractivity contribution in [2.45, 2.75) is 27.2 Å². The Kier molecular flexibility index (Phi) is 7.28. The second-order valence-corrected chi connectivity index (χ2v) is 7.18. The molecule has 4 nitrogen and oxygen atoms in total. The van der Waals surface area contributed by atoms with E-state index in [1.807, 2.05) is 90.7 Å². The van der Waals surface area contributed by atoms with Crippen molar-refractivity contribution in [3.05, 3.63) is 109 Å². The van der Waals surface area contributed by atoms with Crippen LogP contribution in [0.4, 0.5) is 5.95 Å². The molecule has 1 heterocycles. The fraction of sp³-hybridized carbons (Fsp3) is 0.148. The standard InChI is InChI=1S/C27H28N4/c1-6-14-21(4)31(22(5)19-20(3)7-2)27-29-25(23-15-10-8-11-16-23)28-26(30-27)24-17-12-9-13-18-24/h6,8-19H,4-5,7H2,1-3H3/b14-6-,20-19-. The summed E-state index contributed by atoms with van der Waals surface area (Å²) in [5.41, 5.74) is 4.55. The smallest absolute Gasteiger partial charge is 0.238 e. The SMILES string of the molecule is C=C(/C=C\C)N(C(=C)/C=C(/C)CC)c1nc(-c2ccccc2)nc(-c2ccccc2)n1. The average molecular weight is 409 g/mol. The van der Waals surface area contributed by atoms with Gasteiger partial charge in [-0.2, -0.15) is 9.97 Å². The zero-order valence-corrected chi connectivity index (χ0v) is 18.4. The van der Waals surface area contributed by atoms with Crippen LogP contribution in [0.15, 0.2) is 109 Å². The Bertz CT molecular complexity index is 1050. The molecule has 0 N–H and O–H groups in total. The number of nitrogens with zero attached hydrogens (tertiary/aromatic N) is 4. The number of allylic oxidation sites excluding steroid dienone is 4. The second-order valence-electron chi connectivity index (χ2n) is 7.18. The minimum Gasteiger partial charge on any atom is -0.280 e. The lowest BCUT2D eigenvalue weighted by molar-refractivity contribution is 0.977. The number of aromatic nitrogens is 3. The normalized spacial score (nSPS) is 11.5.